The number of nitrogens with one attached hydrogen (secondary N) is 1. The molecule has 4 unspecified atom stereocenters. The normalized spacial score (nSPS) is 42.5. The zero-order chi connectivity index (χ0) is 14.8. The van der Waals surface area contributed by atoms with Gasteiger partial charge in [0, 0.05) is 19.1 Å². The third-order valence-corrected chi connectivity index (χ3v) is 6.70. The van der Waals surface area contributed by atoms with Crippen LogP contribution in [0.5, 0.6) is 0 Å². The van der Waals surface area contributed by atoms with E-state index in [1.54, 1.807) is 11.8 Å². The molecule has 1 saturated heterocycles. The molecule has 5 nitrogen and oxygen atoms in total. The number of hydrogen-bond donors (Lipinski definition) is 2. The van der Waals surface area contributed by atoms with Gasteiger partial charge in [-0.1, -0.05) is 0 Å². The van der Waals surface area contributed by atoms with Gasteiger partial charge in [-0.3, -0.25) is 4.79 Å². The van der Waals surface area contributed by atoms with Gasteiger partial charge in [-0.25, -0.2) is 4.79 Å². The molecule has 4 atom stereocenters. The number of urea groups is 1. The van der Waals surface area contributed by atoms with Gasteiger partial charge in [-0.15, -0.1) is 0 Å². The van der Waals surface area contributed by atoms with Gasteiger partial charge < -0.3 is 15.3 Å². The fourth-order valence-electron chi connectivity index (χ4n) is 5.17. The summed E-state index contributed by atoms with van der Waals surface area (Å²) in [4.78, 5) is 25.4. The van der Waals surface area contributed by atoms with Crippen LogP contribution in [0.3, 0.4) is 0 Å². The molecule has 21 heavy (non-hydrogen) atoms. The van der Waals surface area contributed by atoms with Crippen molar-refractivity contribution in [2.24, 2.45) is 29.1 Å². The minimum absolute atomic E-state index is 0.0289. The SMILES string of the molecule is CC1(C(=O)O)CCN(C(=O)NC2C3C4CCC(C4)C23)CC1. The standard InChI is InChI=1S/C16H24N2O3/c1-16(14(19)20)4-6-18(7-5-16)15(21)17-13-11-9-2-3-10(8-9)12(11)13/h9-13H,2-8H2,1H3,(H,17,21)(H,19,20). The molecule has 2 bridgehead atoms. The second-order valence-corrected chi connectivity index (χ2v) is 7.82. The van der Waals surface area contributed by atoms with Gasteiger partial charge in [0.1, 0.15) is 0 Å². The van der Waals surface area contributed by atoms with Gasteiger partial charge in [0.25, 0.3) is 0 Å². The second-order valence-electron chi connectivity index (χ2n) is 7.82. The van der Waals surface area contributed by atoms with Crippen LogP contribution in [0.4, 0.5) is 4.79 Å². The molecule has 4 rings (SSSR count). The van der Waals surface area contributed by atoms with E-state index in [2.05, 4.69) is 5.32 Å². The lowest BCUT2D eigenvalue weighted by Gasteiger charge is -2.36. The van der Waals surface area contributed by atoms with Crippen LogP contribution in [0, 0.1) is 29.1 Å². The number of carbonyl (C=O) groups is 2. The lowest BCUT2D eigenvalue weighted by atomic mass is 9.80. The fourth-order valence-corrected chi connectivity index (χ4v) is 5.17. The van der Waals surface area contributed by atoms with Crippen molar-refractivity contribution in [3.63, 3.8) is 0 Å². The number of carboxylic acids is 1. The Morgan fingerprint density at radius 2 is 1.71 bits per heavy atom. The summed E-state index contributed by atoms with van der Waals surface area (Å²) < 4.78 is 0. The predicted molar refractivity (Wildman–Crippen MR) is 76.7 cm³/mol. The maximum atomic E-state index is 12.4. The molecule has 5 heteroatoms. The number of hydrogen-bond acceptors (Lipinski definition) is 2. The van der Waals surface area contributed by atoms with Crippen LogP contribution < -0.4 is 5.32 Å². The summed E-state index contributed by atoms with van der Waals surface area (Å²) in [6.45, 7) is 2.90. The van der Waals surface area contributed by atoms with Crippen LogP contribution in [0.1, 0.15) is 39.0 Å². The van der Waals surface area contributed by atoms with Crippen molar-refractivity contribution < 1.29 is 14.7 Å². The van der Waals surface area contributed by atoms with Gasteiger partial charge in [0.05, 0.1) is 5.41 Å². The molecule has 3 aliphatic carbocycles. The number of rotatable bonds is 2. The van der Waals surface area contributed by atoms with Crippen molar-refractivity contribution in [2.75, 3.05) is 13.1 Å². The minimum Gasteiger partial charge on any atom is -0.481 e. The smallest absolute Gasteiger partial charge is 0.317 e. The second kappa shape index (κ2) is 4.37. The van der Waals surface area contributed by atoms with Crippen molar-refractivity contribution in [1.82, 2.24) is 10.2 Å². The summed E-state index contributed by atoms with van der Waals surface area (Å²) in [6.07, 6.45) is 5.22. The summed E-state index contributed by atoms with van der Waals surface area (Å²) >= 11 is 0. The topological polar surface area (TPSA) is 69.6 Å². The molecule has 4 aliphatic rings. The molecular formula is C16H24N2O3. The van der Waals surface area contributed by atoms with E-state index >= 15 is 0 Å². The number of amides is 2. The fraction of sp³-hybridized carbons (Fsp3) is 0.875. The highest BCUT2D eigenvalue weighted by molar-refractivity contribution is 5.77. The number of fused-ring (bicyclic) bond motifs is 5. The molecule has 0 aromatic carbocycles. The first-order valence-corrected chi connectivity index (χ1v) is 8.28. The first-order chi connectivity index (χ1) is 9.99. The largest absolute Gasteiger partial charge is 0.481 e. The van der Waals surface area contributed by atoms with Crippen LogP contribution in [0.2, 0.25) is 0 Å². The average Bonchev–Trinajstić information content (AvgIpc) is 2.84. The Balaban J connectivity index is 1.31. The number of piperidine rings is 1. The number of aliphatic carboxylic acids is 1. The molecule has 1 aliphatic heterocycles. The van der Waals surface area contributed by atoms with Gasteiger partial charge in [0.15, 0.2) is 0 Å². The summed E-state index contributed by atoms with van der Waals surface area (Å²) in [5, 5.41) is 12.5. The number of nitrogens with zero attached hydrogens (tertiary/aromatic N) is 1. The molecule has 0 aromatic rings. The molecule has 0 spiro atoms. The van der Waals surface area contributed by atoms with Crippen molar-refractivity contribution in [1.29, 1.82) is 0 Å². The third-order valence-electron chi connectivity index (χ3n) is 6.70. The van der Waals surface area contributed by atoms with Gasteiger partial charge >= 0.3 is 12.0 Å². The molecule has 2 amide bonds. The lowest BCUT2D eigenvalue weighted by molar-refractivity contribution is -0.150. The molecule has 0 aromatic heterocycles. The summed E-state index contributed by atoms with van der Waals surface area (Å²) in [5.41, 5.74) is -0.661. The average molecular weight is 292 g/mol. The van der Waals surface area contributed by atoms with E-state index < -0.39 is 11.4 Å². The van der Waals surface area contributed by atoms with Crippen LogP contribution in [-0.2, 0) is 4.79 Å². The summed E-state index contributed by atoms with van der Waals surface area (Å²) in [7, 11) is 0. The zero-order valence-electron chi connectivity index (χ0n) is 12.5. The highest BCUT2D eigenvalue weighted by Crippen LogP contribution is 2.65. The third kappa shape index (κ3) is 1.96. The molecule has 1 heterocycles. The quantitative estimate of drug-likeness (QED) is 0.817. The van der Waals surface area contributed by atoms with E-state index in [1.165, 1.54) is 19.3 Å². The van der Waals surface area contributed by atoms with Crippen molar-refractivity contribution >= 4 is 12.0 Å². The predicted octanol–water partition coefficient (Wildman–Crippen LogP) is 1.93. The molecule has 4 fully saturated rings. The Kier molecular flexibility index (Phi) is 2.79. The molecule has 0 radical (unpaired) electrons. The van der Waals surface area contributed by atoms with Crippen LogP contribution in [-0.4, -0.2) is 41.1 Å². The summed E-state index contributed by atoms with van der Waals surface area (Å²) in [6, 6.07) is 0.442. The molecular weight excluding hydrogens is 268 g/mol. The number of carbonyl (C=O) groups excluding carboxylic acids is 1. The van der Waals surface area contributed by atoms with Crippen LogP contribution in [0.15, 0.2) is 0 Å². The first-order valence-electron chi connectivity index (χ1n) is 8.28. The first kappa shape index (κ1) is 13.4. The van der Waals surface area contributed by atoms with Crippen LogP contribution >= 0.6 is 0 Å². The van der Waals surface area contributed by atoms with E-state index in [0.29, 0.717) is 32.0 Å². The zero-order valence-corrected chi connectivity index (χ0v) is 12.5. The van der Waals surface area contributed by atoms with Crippen molar-refractivity contribution in [3.8, 4) is 0 Å². The number of carboxylic acid groups (broad SMARTS) is 1. The Labute approximate surface area is 125 Å². The van der Waals surface area contributed by atoms with Gasteiger partial charge in [0.2, 0.25) is 0 Å². The molecule has 116 valence electrons. The molecule has 3 saturated carbocycles. The van der Waals surface area contributed by atoms with E-state index in [1.807, 2.05) is 0 Å². The van der Waals surface area contributed by atoms with Gasteiger partial charge in [-0.05, 0) is 62.7 Å². The highest BCUT2D eigenvalue weighted by Gasteiger charge is 2.65. The Morgan fingerprint density at radius 3 is 2.24 bits per heavy atom. The minimum atomic E-state index is -0.740. The van der Waals surface area contributed by atoms with E-state index in [-0.39, 0.29) is 6.03 Å². The van der Waals surface area contributed by atoms with Crippen molar-refractivity contribution in [3.05, 3.63) is 0 Å². The van der Waals surface area contributed by atoms with E-state index in [4.69, 9.17) is 0 Å². The van der Waals surface area contributed by atoms with E-state index in [9.17, 15) is 14.7 Å². The van der Waals surface area contributed by atoms with E-state index in [0.717, 1.165) is 23.7 Å². The van der Waals surface area contributed by atoms with Gasteiger partial charge in [-0.2, -0.15) is 0 Å². The maximum absolute atomic E-state index is 12.4. The Bertz CT molecular complexity index is 468. The number of likely N-dealkylation sites (tertiary alicyclic amines) is 1. The maximum Gasteiger partial charge on any atom is 0.317 e. The van der Waals surface area contributed by atoms with Crippen molar-refractivity contribution in [2.45, 2.75) is 45.1 Å². The van der Waals surface area contributed by atoms with Crippen LogP contribution in [0.25, 0.3) is 0 Å². The molecule has 2 N–H and O–H groups in total. The Hall–Kier alpha value is -1.26. The lowest BCUT2D eigenvalue weighted by Crippen LogP contribution is -2.49. The Morgan fingerprint density at radius 1 is 1.14 bits per heavy atom. The summed E-state index contributed by atoms with van der Waals surface area (Å²) in [5.74, 6) is 2.49. The highest BCUT2D eigenvalue weighted by atomic mass is 16.4. The monoisotopic (exact) mass is 292 g/mol.